The zero-order valence-corrected chi connectivity index (χ0v) is 17.4. The van der Waals surface area contributed by atoms with E-state index in [4.69, 9.17) is 4.74 Å². The Morgan fingerprint density at radius 2 is 2.06 bits per heavy atom. The van der Waals surface area contributed by atoms with Crippen LogP contribution < -0.4 is 14.8 Å². The Morgan fingerprint density at radius 1 is 1.28 bits per heavy atom. The van der Waals surface area contributed by atoms with Gasteiger partial charge in [-0.25, -0.2) is 14.3 Å². The lowest BCUT2D eigenvalue weighted by atomic mass is 9.59. The van der Waals surface area contributed by atoms with Gasteiger partial charge >= 0.3 is 12.1 Å². The van der Waals surface area contributed by atoms with E-state index in [-0.39, 0.29) is 11.3 Å². The third-order valence-electron chi connectivity index (χ3n) is 6.00. The zero-order valence-electron chi connectivity index (χ0n) is 17.4. The molecule has 2 fully saturated rings. The van der Waals surface area contributed by atoms with Gasteiger partial charge in [0.05, 0.1) is 18.1 Å². The van der Waals surface area contributed by atoms with Crippen molar-refractivity contribution in [1.29, 1.82) is 0 Å². The van der Waals surface area contributed by atoms with Gasteiger partial charge in [0.25, 0.3) is 0 Å². The lowest BCUT2D eigenvalue weighted by molar-refractivity contribution is -0.190. The first-order chi connectivity index (χ1) is 15.0. The third-order valence-corrected chi connectivity index (χ3v) is 6.00. The van der Waals surface area contributed by atoms with E-state index in [1.807, 2.05) is 6.92 Å². The highest BCUT2D eigenvalue weighted by atomic mass is 19.4. The van der Waals surface area contributed by atoms with Crippen LogP contribution in [0.25, 0.3) is 16.8 Å². The van der Waals surface area contributed by atoms with E-state index in [9.17, 15) is 18.0 Å². The van der Waals surface area contributed by atoms with Gasteiger partial charge in [-0.3, -0.25) is 4.68 Å². The molecule has 0 bridgehead atoms. The molecular formula is C20H21F3N6O3. The predicted octanol–water partition coefficient (Wildman–Crippen LogP) is 2.51. The smallest absolute Gasteiger partial charge is 0.470 e. The van der Waals surface area contributed by atoms with Crippen molar-refractivity contribution in [3.05, 3.63) is 24.7 Å². The van der Waals surface area contributed by atoms with Gasteiger partial charge in [0.15, 0.2) is 0 Å². The van der Waals surface area contributed by atoms with Crippen molar-refractivity contribution in [2.75, 3.05) is 13.1 Å². The van der Waals surface area contributed by atoms with Crippen LogP contribution in [0, 0.1) is 5.41 Å². The number of ether oxygens (including phenoxy) is 2. The van der Waals surface area contributed by atoms with E-state index in [1.54, 1.807) is 24.1 Å². The number of carbonyl (C=O) groups is 1. The van der Waals surface area contributed by atoms with Crippen LogP contribution in [0.4, 0.5) is 13.2 Å². The fourth-order valence-electron chi connectivity index (χ4n) is 4.85. The summed E-state index contributed by atoms with van der Waals surface area (Å²) in [5.41, 5.74) is 1.19. The van der Waals surface area contributed by atoms with Crippen molar-refractivity contribution in [2.24, 2.45) is 12.5 Å². The summed E-state index contributed by atoms with van der Waals surface area (Å²) in [6, 6.07) is 1.22. The Bertz CT molecular complexity index is 1190. The monoisotopic (exact) mass is 450 g/mol. The highest BCUT2D eigenvalue weighted by Gasteiger charge is 2.55. The quantitative estimate of drug-likeness (QED) is 0.611. The molecule has 9 nitrogen and oxygen atoms in total. The number of halogens is 3. The first-order valence-electron chi connectivity index (χ1n) is 10.1. The van der Waals surface area contributed by atoms with Gasteiger partial charge in [-0.2, -0.15) is 18.3 Å². The molecule has 12 heteroatoms. The van der Waals surface area contributed by atoms with E-state index in [2.05, 4.69) is 25.2 Å². The van der Waals surface area contributed by atoms with E-state index in [1.165, 1.54) is 16.8 Å². The molecule has 1 aliphatic carbocycles. The molecule has 0 amide bonds. The number of aromatic nitrogens is 5. The summed E-state index contributed by atoms with van der Waals surface area (Å²) in [5, 5.41) is 11.5. The van der Waals surface area contributed by atoms with Crippen molar-refractivity contribution in [3.63, 3.8) is 0 Å². The molecule has 1 saturated heterocycles. The molecule has 4 heterocycles. The minimum Gasteiger partial charge on any atom is -0.470 e. The number of hydrogen-bond acceptors (Lipinski definition) is 7. The molecule has 3 aromatic rings. The average Bonchev–Trinajstić information content (AvgIpc) is 3.40. The van der Waals surface area contributed by atoms with Crippen molar-refractivity contribution in [3.8, 4) is 23.0 Å². The molecule has 0 atom stereocenters. The number of nitrogens with one attached hydrogen (secondary N) is 1. The summed E-state index contributed by atoms with van der Waals surface area (Å²) >= 11 is 0. The fraction of sp³-hybridized carbons (Fsp3) is 0.500. The molecule has 1 saturated carbocycles. The molecule has 0 radical (unpaired) electrons. The number of hydrogen-bond donors (Lipinski definition) is 1. The predicted molar refractivity (Wildman–Crippen MR) is 105 cm³/mol. The Hall–Kier alpha value is -3.15. The molecule has 0 aromatic carbocycles. The largest absolute Gasteiger partial charge is 0.491 e. The summed E-state index contributed by atoms with van der Waals surface area (Å²) in [6.07, 6.45) is 2.50. The molecule has 0 unspecified atom stereocenters. The van der Waals surface area contributed by atoms with E-state index >= 15 is 0 Å². The second-order valence-corrected chi connectivity index (χ2v) is 8.87. The number of aryl methyl sites for hydroxylation is 1. The minimum atomic E-state index is -5.13. The Morgan fingerprint density at radius 3 is 2.69 bits per heavy atom. The van der Waals surface area contributed by atoms with Gasteiger partial charge < -0.3 is 14.8 Å². The van der Waals surface area contributed by atoms with Crippen molar-refractivity contribution < 1.29 is 27.4 Å². The van der Waals surface area contributed by atoms with Crippen LogP contribution in [-0.4, -0.2) is 55.2 Å². The summed E-state index contributed by atoms with van der Waals surface area (Å²) in [4.78, 5) is 15.8. The van der Waals surface area contributed by atoms with Crippen LogP contribution in [0.1, 0.15) is 26.2 Å². The second-order valence-electron chi connectivity index (χ2n) is 8.87. The lowest BCUT2D eigenvalue weighted by Crippen LogP contribution is -2.54. The molecular weight excluding hydrogens is 429 g/mol. The van der Waals surface area contributed by atoms with Crippen LogP contribution in [-0.2, 0) is 11.8 Å². The lowest BCUT2D eigenvalue weighted by Gasteiger charge is -2.52. The molecule has 170 valence electrons. The summed E-state index contributed by atoms with van der Waals surface area (Å²) in [6.45, 7) is 3.91. The molecule has 1 spiro atoms. The SMILES string of the molecule is Cn1cc(-c2cn3nc(OC(=O)C(F)(F)F)cc3c(OC3(C)CC4(CCNC4)C3)n2)cn1. The van der Waals surface area contributed by atoms with Gasteiger partial charge in [0, 0.05) is 31.4 Å². The highest BCUT2D eigenvalue weighted by molar-refractivity contribution is 5.78. The standard InChI is InChI=1S/C20H21F3N6O3/c1-18(9-19(10-18)3-4-24-11-19)32-16-14-5-15(31-17(30)20(21,22)23)27-29(14)8-13(26-16)12-6-25-28(2)7-12/h5-8,24H,3-4,9-11H2,1-2H3. The average molecular weight is 450 g/mol. The fourth-order valence-corrected chi connectivity index (χ4v) is 4.85. The highest BCUT2D eigenvalue weighted by Crippen LogP contribution is 2.54. The number of rotatable bonds is 4. The van der Waals surface area contributed by atoms with Gasteiger partial charge in [-0.05, 0) is 38.1 Å². The maximum absolute atomic E-state index is 12.6. The Balaban J connectivity index is 1.51. The first kappa shape index (κ1) is 20.7. The molecule has 1 aliphatic heterocycles. The van der Waals surface area contributed by atoms with Gasteiger partial charge in [-0.1, -0.05) is 0 Å². The number of alkyl halides is 3. The second kappa shape index (κ2) is 6.92. The van der Waals surface area contributed by atoms with Crippen LogP contribution in [0.3, 0.4) is 0 Å². The first-order valence-corrected chi connectivity index (χ1v) is 10.1. The van der Waals surface area contributed by atoms with E-state index < -0.39 is 23.6 Å². The van der Waals surface area contributed by atoms with Crippen molar-refractivity contribution in [1.82, 2.24) is 29.7 Å². The van der Waals surface area contributed by atoms with Gasteiger partial charge in [0.2, 0.25) is 11.8 Å². The van der Waals surface area contributed by atoms with Crippen LogP contribution in [0.2, 0.25) is 0 Å². The maximum atomic E-state index is 12.6. The summed E-state index contributed by atoms with van der Waals surface area (Å²) in [7, 11) is 1.76. The van der Waals surface area contributed by atoms with Crippen LogP contribution >= 0.6 is 0 Å². The molecule has 1 N–H and O–H groups in total. The zero-order chi connectivity index (χ0) is 22.7. The topological polar surface area (TPSA) is 95.6 Å². The molecule has 3 aromatic heterocycles. The number of nitrogens with zero attached hydrogens (tertiary/aromatic N) is 5. The minimum absolute atomic E-state index is 0.205. The number of esters is 1. The molecule has 5 rings (SSSR count). The Kier molecular flexibility index (Phi) is 4.49. The maximum Gasteiger partial charge on any atom is 0.491 e. The molecule has 32 heavy (non-hydrogen) atoms. The van der Waals surface area contributed by atoms with Gasteiger partial charge in [-0.15, -0.1) is 5.10 Å². The van der Waals surface area contributed by atoms with Crippen molar-refractivity contribution >= 4 is 11.5 Å². The number of fused-ring (bicyclic) bond motifs is 1. The van der Waals surface area contributed by atoms with Gasteiger partial charge in [0.1, 0.15) is 11.1 Å². The van der Waals surface area contributed by atoms with Crippen molar-refractivity contribution in [2.45, 2.75) is 38.0 Å². The van der Waals surface area contributed by atoms with E-state index in [0.29, 0.717) is 16.8 Å². The Labute approximate surface area is 180 Å². The van der Waals surface area contributed by atoms with Crippen LogP contribution in [0.5, 0.6) is 11.8 Å². The molecule has 2 aliphatic rings. The third kappa shape index (κ3) is 3.68. The normalized spacial score (nSPS) is 25.3. The summed E-state index contributed by atoms with van der Waals surface area (Å²) < 4.78 is 51.5. The van der Waals surface area contributed by atoms with Crippen LogP contribution in [0.15, 0.2) is 24.7 Å². The number of carbonyl (C=O) groups excluding carboxylic acids is 1. The summed E-state index contributed by atoms with van der Waals surface area (Å²) in [5.74, 6) is -2.63. The van der Waals surface area contributed by atoms with E-state index in [0.717, 1.165) is 32.4 Å².